The number of rotatable bonds is 4. The maximum atomic E-state index is 13.2. The van der Waals surface area contributed by atoms with Gasteiger partial charge in [-0.15, -0.1) is 0 Å². The van der Waals surface area contributed by atoms with Crippen molar-refractivity contribution in [3.8, 4) is 0 Å². The number of carboxylic acids is 1. The molecule has 1 aromatic heterocycles. The normalized spacial score (nSPS) is 17.9. The van der Waals surface area contributed by atoms with Crippen molar-refractivity contribution in [3.05, 3.63) is 17.0 Å². The molecule has 0 aliphatic heterocycles. The van der Waals surface area contributed by atoms with Crippen molar-refractivity contribution in [2.45, 2.75) is 44.3 Å². The summed E-state index contributed by atoms with van der Waals surface area (Å²) in [6, 6.07) is 0. The Morgan fingerprint density at radius 2 is 2.14 bits per heavy atom. The number of aliphatic carboxylic acids is 1. The number of halogens is 3. The van der Waals surface area contributed by atoms with Crippen molar-refractivity contribution in [1.82, 2.24) is 9.78 Å². The molecule has 1 aliphatic carbocycles. The molecule has 1 aliphatic rings. The first-order valence-corrected chi connectivity index (χ1v) is 6.69. The summed E-state index contributed by atoms with van der Waals surface area (Å²) in [4.78, 5) is 22.2. The fourth-order valence-corrected chi connectivity index (χ4v) is 2.81. The van der Waals surface area contributed by atoms with E-state index in [0.29, 0.717) is 19.3 Å². The molecule has 1 atom stereocenters. The smallest absolute Gasteiger partial charge is 0.435 e. The van der Waals surface area contributed by atoms with Gasteiger partial charge in [-0.05, 0) is 25.2 Å². The summed E-state index contributed by atoms with van der Waals surface area (Å²) in [6.07, 6.45) is -3.85. The first-order chi connectivity index (χ1) is 10.2. The third kappa shape index (κ3) is 3.23. The van der Waals surface area contributed by atoms with Gasteiger partial charge in [0.15, 0.2) is 5.69 Å². The monoisotopic (exact) mass is 320 g/mol. The largest absolute Gasteiger partial charge is 0.481 e. The van der Waals surface area contributed by atoms with Gasteiger partial charge in [0.05, 0.1) is 13.5 Å². The second-order valence-corrected chi connectivity index (χ2v) is 5.13. The maximum Gasteiger partial charge on any atom is 0.435 e. The number of methoxy groups -OCH3 is 1. The molecule has 0 fully saturated rings. The predicted octanol–water partition coefficient (Wildman–Crippen LogP) is 1.97. The Bertz CT molecular complexity index is 595. The van der Waals surface area contributed by atoms with Crippen LogP contribution in [-0.2, 0) is 33.5 Å². The van der Waals surface area contributed by atoms with Crippen LogP contribution < -0.4 is 0 Å². The number of aromatic nitrogens is 2. The summed E-state index contributed by atoms with van der Waals surface area (Å²) in [5.74, 6) is -2.62. The van der Waals surface area contributed by atoms with Crippen LogP contribution in [-0.4, -0.2) is 33.9 Å². The van der Waals surface area contributed by atoms with Crippen LogP contribution in [0.3, 0.4) is 0 Å². The van der Waals surface area contributed by atoms with Crippen LogP contribution in [0.2, 0.25) is 0 Å². The summed E-state index contributed by atoms with van der Waals surface area (Å²) < 4.78 is 45.0. The number of hydrogen-bond donors (Lipinski definition) is 1. The highest BCUT2D eigenvalue weighted by molar-refractivity contribution is 5.69. The van der Waals surface area contributed by atoms with Gasteiger partial charge in [0, 0.05) is 11.3 Å². The van der Waals surface area contributed by atoms with Crippen LogP contribution in [0.4, 0.5) is 13.2 Å². The lowest BCUT2D eigenvalue weighted by atomic mass is 9.83. The minimum Gasteiger partial charge on any atom is -0.481 e. The topological polar surface area (TPSA) is 81.4 Å². The number of hydrogen-bond acceptors (Lipinski definition) is 4. The van der Waals surface area contributed by atoms with E-state index >= 15 is 0 Å². The van der Waals surface area contributed by atoms with Crippen LogP contribution >= 0.6 is 0 Å². The zero-order valence-electron chi connectivity index (χ0n) is 11.8. The van der Waals surface area contributed by atoms with E-state index < -0.39 is 36.3 Å². The summed E-state index contributed by atoms with van der Waals surface area (Å²) in [5.41, 5.74) is -0.919. The van der Waals surface area contributed by atoms with Gasteiger partial charge in [0.2, 0.25) is 0 Å². The van der Waals surface area contributed by atoms with Crippen LogP contribution in [0, 0.1) is 0 Å². The van der Waals surface area contributed by atoms with Crippen molar-refractivity contribution in [3.63, 3.8) is 0 Å². The van der Waals surface area contributed by atoms with E-state index in [0.717, 1.165) is 11.8 Å². The molecule has 0 aromatic carbocycles. The van der Waals surface area contributed by atoms with Gasteiger partial charge in [-0.2, -0.15) is 18.3 Å². The van der Waals surface area contributed by atoms with E-state index in [1.807, 2.05) is 0 Å². The fourth-order valence-electron chi connectivity index (χ4n) is 2.81. The average molecular weight is 320 g/mol. The SMILES string of the molecule is COC(=O)Cn1nc(C(F)(F)F)c2c1CCCC2CC(=O)O. The molecule has 122 valence electrons. The number of fused-ring (bicyclic) bond motifs is 1. The molecule has 0 saturated carbocycles. The van der Waals surface area contributed by atoms with Gasteiger partial charge in [0.25, 0.3) is 0 Å². The standard InChI is InChI=1S/C13H15F3N2O4/c1-22-10(21)6-18-8-4-2-3-7(5-9(19)20)11(8)12(17-18)13(14,15)16/h7H,2-6H2,1H3,(H,19,20). The van der Waals surface area contributed by atoms with E-state index in [1.54, 1.807) is 0 Å². The van der Waals surface area contributed by atoms with Crippen LogP contribution in [0.15, 0.2) is 0 Å². The van der Waals surface area contributed by atoms with Crippen LogP contribution in [0.1, 0.15) is 42.1 Å². The molecule has 0 bridgehead atoms. The Labute approximate surface area is 123 Å². The highest BCUT2D eigenvalue weighted by Crippen LogP contribution is 2.42. The quantitative estimate of drug-likeness (QED) is 0.858. The third-order valence-electron chi connectivity index (χ3n) is 3.67. The molecule has 22 heavy (non-hydrogen) atoms. The third-order valence-corrected chi connectivity index (χ3v) is 3.67. The van der Waals surface area contributed by atoms with E-state index in [2.05, 4.69) is 9.84 Å². The Hall–Kier alpha value is -2.06. The molecule has 2 rings (SSSR count). The number of alkyl halides is 3. The summed E-state index contributed by atoms with van der Waals surface area (Å²) in [7, 11) is 1.14. The minimum absolute atomic E-state index is 0.0925. The number of carbonyl (C=O) groups is 2. The molecule has 1 aromatic rings. The van der Waals surface area contributed by atoms with E-state index in [4.69, 9.17) is 5.11 Å². The lowest BCUT2D eigenvalue weighted by Gasteiger charge is -2.23. The van der Waals surface area contributed by atoms with Gasteiger partial charge < -0.3 is 9.84 Å². The van der Waals surface area contributed by atoms with Crippen molar-refractivity contribution >= 4 is 11.9 Å². The lowest BCUT2D eigenvalue weighted by molar-refractivity contribution is -0.145. The molecule has 0 radical (unpaired) electrons. The molecule has 1 unspecified atom stereocenters. The summed E-state index contributed by atoms with van der Waals surface area (Å²) in [5, 5.41) is 12.4. The number of carbonyl (C=O) groups excluding carboxylic acids is 1. The second-order valence-electron chi connectivity index (χ2n) is 5.13. The first-order valence-electron chi connectivity index (χ1n) is 6.69. The van der Waals surface area contributed by atoms with E-state index in [1.165, 1.54) is 0 Å². The van der Waals surface area contributed by atoms with Gasteiger partial charge in [-0.25, -0.2) is 0 Å². The van der Waals surface area contributed by atoms with Crippen molar-refractivity contribution < 1.29 is 32.6 Å². The first kappa shape index (κ1) is 16.3. The highest BCUT2D eigenvalue weighted by atomic mass is 19.4. The van der Waals surface area contributed by atoms with Gasteiger partial charge in [-0.1, -0.05) is 0 Å². The van der Waals surface area contributed by atoms with Crippen molar-refractivity contribution in [1.29, 1.82) is 0 Å². The van der Waals surface area contributed by atoms with Crippen molar-refractivity contribution in [2.75, 3.05) is 7.11 Å². The molecule has 1 heterocycles. The molecule has 9 heteroatoms. The number of ether oxygens (including phenoxy) is 1. The van der Waals surface area contributed by atoms with E-state index in [-0.39, 0.29) is 17.7 Å². The molecular formula is C13H15F3N2O4. The molecule has 0 amide bonds. The number of nitrogens with zero attached hydrogens (tertiary/aromatic N) is 2. The van der Waals surface area contributed by atoms with Crippen molar-refractivity contribution in [2.24, 2.45) is 0 Å². The Balaban J connectivity index is 2.50. The molecular weight excluding hydrogens is 305 g/mol. The summed E-state index contributed by atoms with van der Waals surface area (Å²) >= 11 is 0. The average Bonchev–Trinajstić information content (AvgIpc) is 2.78. The zero-order chi connectivity index (χ0) is 16.5. The van der Waals surface area contributed by atoms with Crippen LogP contribution in [0.25, 0.3) is 0 Å². The van der Waals surface area contributed by atoms with Gasteiger partial charge in [0.1, 0.15) is 6.54 Å². The minimum atomic E-state index is -4.69. The Morgan fingerprint density at radius 3 is 2.68 bits per heavy atom. The number of esters is 1. The maximum absolute atomic E-state index is 13.2. The molecule has 0 saturated heterocycles. The van der Waals surface area contributed by atoms with Gasteiger partial charge in [-0.3, -0.25) is 14.3 Å². The molecule has 1 N–H and O–H groups in total. The second kappa shape index (κ2) is 5.98. The summed E-state index contributed by atoms with van der Waals surface area (Å²) in [6.45, 7) is -0.422. The fraction of sp³-hybridized carbons (Fsp3) is 0.615. The highest BCUT2D eigenvalue weighted by Gasteiger charge is 2.42. The molecule has 6 nitrogen and oxygen atoms in total. The predicted molar refractivity (Wildman–Crippen MR) is 67.2 cm³/mol. The van der Waals surface area contributed by atoms with Crippen LogP contribution in [0.5, 0.6) is 0 Å². The molecule has 0 spiro atoms. The number of carboxylic acid groups (broad SMARTS) is 1. The lowest BCUT2D eigenvalue weighted by Crippen LogP contribution is -2.19. The zero-order valence-corrected chi connectivity index (χ0v) is 11.8. The Morgan fingerprint density at radius 1 is 1.45 bits per heavy atom. The van der Waals surface area contributed by atoms with E-state index in [9.17, 15) is 22.8 Å². The Kier molecular flexibility index (Phi) is 4.43. The van der Waals surface area contributed by atoms with Gasteiger partial charge >= 0.3 is 18.1 Å².